The summed E-state index contributed by atoms with van der Waals surface area (Å²) in [6.45, 7) is 3.64. The molecule has 0 saturated heterocycles. The molecule has 2 aromatic rings. The Morgan fingerprint density at radius 2 is 2.00 bits per heavy atom. The molecule has 3 rings (SSSR count). The van der Waals surface area contributed by atoms with Crippen LogP contribution in [0.3, 0.4) is 0 Å². The Morgan fingerprint density at radius 3 is 2.58 bits per heavy atom. The number of aromatic nitrogens is 2. The summed E-state index contributed by atoms with van der Waals surface area (Å²) in [6.07, 6.45) is 5.12. The van der Waals surface area contributed by atoms with E-state index in [1.165, 1.54) is 25.7 Å². The SMILES string of the molecule is CCC1(CNC(=NC)NCc2nc(-c3ccc(Cl)cc3)no2)CCC1.I. The second-order valence-corrected chi connectivity index (χ2v) is 6.94. The molecule has 2 N–H and O–H groups in total. The summed E-state index contributed by atoms with van der Waals surface area (Å²) in [5.74, 6) is 1.82. The maximum Gasteiger partial charge on any atom is 0.246 e. The molecule has 8 heteroatoms. The van der Waals surface area contributed by atoms with Crippen molar-refractivity contribution in [2.45, 2.75) is 39.2 Å². The van der Waals surface area contributed by atoms with Gasteiger partial charge in [0.15, 0.2) is 5.96 Å². The Kier molecular flexibility index (Phi) is 7.69. The fourth-order valence-corrected chi connectivity index (χ4v) is 3.15. The highest BCUT2D eigenvalue weighted by atomic mass is 127. The van der Waals surface area contributed by atoms with Gasteiger partial charge in [-0.1, -0.05) is 30.1 Å². The van der Waals surface area contributed by atoms with Crippen LogP contribution in [0.1, 0.15) is 38.5 Å². The largest absolute Gasteiger partial charge is 0.356 e. The van der Waals surface area contributed by atoms with Gasteiger partial charge in [-0.3, -0.25) is 4.99 Å². The van der Waals surface area contributed by atoms with Gasteiger partial charge in [0.05, 0.1) is 6.54 Å². The Balaban J connectivity index is 0.00000243. The number of benzene rings is 1. The van der Waals surface area contributed by atoms with Gasteiger partial charge in [-0.05, 0) is 48.9 Å². The van der Waals surface area contributed by atoms with Crippen LogP contribution in [0.2, 0.25) is 5.02 Å². The summed E-state index contributed by atoms with van der Waals surface area (Å²) >= 11 is 5.90. The number of halogens is 2. The van der Waals surface area contributed by atoms with Crippen molar-refractivity contribution in [3.05, 3.63) is 35.2 Å². The van der Waals surface area contributed by atoms with Gasteiger partial charge in [-0.15, -0.1) is 24.0 Å². The van der Waals surface area contributed by atoms with E-state index in [9.17, 15) is 0 Å². The fourth-order valence-electron chi connectivity index (χ4n) is 3.03. The number of rotatable bonds is 6. The molecule has 1 aliphatic carbocycles. The van der Waals surface area contributed by atoms with Crippen LogP contribution in [0.5, 0.6) is 0 Å². The first-order valence-electron chi connectivity index (χ1n) is 8.67. The summed E-state index contributed by atoms with van der Waals surface area (Å²) in [7, 11) is 1.77. The maximum absolute atomic E-state index is 5.90. The summed E-state index contributed by atoms with van der Waals surface area (Å²) in [4.78, 5) is 8.67. The van der Waals surface area contributed by atoms with Crippen LogP contribution in [0, 0.1) is 5.41 Å². The second kappa shape index (κ2) is 9.55. The van der Waals surface area contributed by atoms with Gasteiger partial charge in [0.1, 0.15) is 0 Å². The molecule has 1 aromatic carbocycles. The molecule has 6 nitrogen and oxygen atoms in total. The van der Waals surface area contributed by atoms with Crippen LogP contribution < -0.4 is 10.6 Å². The van der Waals surface area contributed by atoms with E-state index in [-0.39, 0.29) is 24.0 Å². The van der Waals surface area contributed by atoms with Crippen molar-refractivity contribution in [1.82, 2.24) is 20.8 Å². The third-order valence-corrected chi connectivity index (χ3v) is 5.25. The molecule has 142 valence electrons. The molecular formula is C18H25ClIN5O. The smallest absolute Gasteiger partial charge is 0.246 e. The first kappa shape index (κ1) is 21.0. The van der Waals surface area contributed by atoms with Crippen LogP contribution in [0.25, 0.3) is 11.4 Å². The molecular weight excluding hydrogens is 465 g/mol. The van der Waals surface area contributed by atoms with E-state index in [1.807, 2.05) is 12.1 Å². The number of nitrogens with one attached hydrogen (secondary N) is 2. The molecule has 0 aliphatic heterocycles. The minimum absolute atomic E-state index is 0. The summed E-state index contributed by atoms with van der Waals surface area (Å²) in [5, 5.41) is 11.3. The predicted molar refractivity (Wildman–Crippen MR) is 115 cm³/mol. The summed E-state index contributed by atoms with van der Waals surface area (Å²) in [5.41, 5.74) is 1.31. The third kappa shape index (κ3) is 5.09. The van der Waals surface area contributed by atoms with Crippen molar-refractivity contribution in [3.63, 3.8) is 0 Å². The van der Waals surface area contributed by atoms with E-state index in [0.29, 0.717) is 28.7 Å². The lowest BCUT2D eigenvalue weighted by molar-refractivity contribution is 0.131. The highest BCUT2D eigenvalue weighted by molar-refractivity contribution is 14.0. The Labute approximate surface area is 176 Å². The molecule has 0 spiro atoms. The van der Waals surface area contributed by atoms with Gasteiger partial charge in [0.2, 0.25) is 11.7 Å². The van der Waals surface area contributed by atoms with Crippen molar-refractivity contribution >= 4 is 41.5 Å². The molecule has 1 fully saturated rings. The van der Waals surface area contributed by atoms with Crippen LogP contribution >= 0.6 is 35.6 Å². The second-order valence-electron chi connectivity index (χ2n) is 6.51. The quantitative estimate of drug-likeness (QED) is 0.360. The van der Waals surface area contributed by atoms with E-state index in [4.69, 9.17) is 16.1 Å². The first-order valence-corrected chi connectivity index (χ1v) is 9.05. The predicted octanol–water partition coefficient (Wildman–Crippen LogP) is 4.25. The van der Waals surface area contributed by atoms with Crippen molar-refractivity contribution in [3.8, 4) is 11.4 Å². The zero-order chi connectivity index (χ0) is 17.7. The number of hydrogen-bond donors (Lipinski definition) is 2. The zero-order valence-electron chi connectivity index (χ0n) is 15.1. The highest BCUT2D eigenvalue weighted by Crippen LogP contribution is 2.42. The third-order valence-electron chi connectivity index (χ3n) is 5.00. The molecule has 0 bridgehead atoms. The average molecular weight is 490 g/mol. The lowest BCUT2D eigenvalue weighted by Gasteiger charge is -2.41. The Hall–Kier alpha value is -1.35. The standard InChI is InChI=1S/C18H24ClN5O.HI/c1-3-18(9-4-10-18)12-22-17(20-2)21-11-15-23-16(24-25-15)13-5-7-14(19)8-6-13;/h5-8H,3-4,9-12H2,1-2H3,(H2,20,21,22);1H. The van der Waals surface area contributed by atoms with E-state index in [0.717, 1.165) is 18.1 Å². The van der Waals surface area contributed by atoms with E-state index in [2.05, 4.69) is 32.7 Å². The molecule has 1 saturated carbocycles. The lowest BCUT2D eigenvalue weighted by Crippen LogP contribution is -2.46. The number of aliphatic imine (C=N–C) groups is 1. The minimum atomic E-state index is 0. The average Bonchev–Trinajstić information content (AvgIpc) is 3.06. The van der Waals surface area contributed by atoms with Crippen LogP contribution in [0.15, 0.2) is 33.8 Å². The van der Waals surface area contributed by atoms with Crippen molar-refractivity contribution < 1.29 is 4.52 Å². The number of guanidine groups is 1. The number of hydrogen-bond acceptors (Lipinski definition) is 4. The Morgan fingerprint density at radius 1 is 1.27 bits per heavy atom. The molecule has 0 radical (unpaired) electrons. The van der Waals surface area contributed by atoms with E-state index in [1.54, 1.807) is 19.2 Å². The van der Waals surface area contributed by atoms with Gasteiger partial charge in [0, 0.05) is 24.2 Å². The van der Waals surface area contributed by atoms with E-state index >= 15 is 0 Å². The van der Waals surface area contributed by atoms with Crippen LogP contribution in [-0.4, -0.2) is 29.7 Å². The van der Waals surface area contributed by atoms with Gasteiger partial charge >= 0.3 is 0 Å². The van der Waals surface area contributed by atoms with Gasteiger partial charge in [0.25, 0.3) is 0 Å². The monoisotopic (exact) mass is 489 g/mol. The molecule has 0 atom stereocenters. The van der Waals surface area contributed by atoms with Gasteiger partial charge in [-0.2, -0.15) is 4.98 Å². The van der Waals surface area contributed by atoms with Crippen LogP contribution in [-0.2, 0) is 6.54 Å². The molecule has 26 heavy (non-hydrogen) atoms. The molecule has 0 unspecified atom stereocenters. The Bertz CT molecular complexity index is 722. The fraction of sp³-hybridized carbons (Fsp3) is 0.500. The maximum atomic E-state index is 5.90. The van der Waals surface area contributed by atoms with E-state index < -0.39 is 0 Å². The molecule has 1 heterocycles. The molecule has 0 amide bonds. The molecule has 1 aliphatic rings. The summed E-state index contributed by atoms with van der Waals surface area (Å²) in [6, 6.07) is 7.35. The number of nitrogens with zero attached hydrogens (tertiary/aromatic N) is 3. The van der Waals surface area contributed by atoms with Crippen molar-refractivity contribution in [2.24, 2.45) is 10.4 Å². The lowest BCUT2D eigenvalue weighted by atomic mass is 9.67. The molecule has 1 aromatic heterocycles. The topological polar surface area (TPSA) is 75.3 Å². The highest BCUT2D eigenvalue weighted by Gasteiger charge is 2.34. The summed E-state index contributed by atoms with van der Waals surface area (Å²) < 4.78 is 5.30. The van der Waals surface area contributed by atoms with Gasteiger partial charge < -0.3 is 15.2 Å². The normalized spacial score (nSPS) is 15.7. The minimum Gasteiger partial charge on any atom is -0.356 e. The zero-order valence-corrected chi connectivity index (χ0v) is 18.2. The van der Waals surface area contributed by atoms with Gasteiger partial charge in [-0.25, -0.2) is 0 Å². The van der Waals surface area contributed by atoms with Crippen LogP contribution in [0.4, 0.5) is 0 Å². The first-order chi connectivity index (χ1) is 12.1. The van der Waals surface area contributed by atoms with Crippen molar-refractivity contribution in [1.29, 1.82) is 0 Å². The van der Waals surface area contributed by atoms with Crippen molar-refractivity contribution in [2.75, 3.05) is 13.6 Å².